The van der Waals surface area contributed by atoms with Gasteiger partial charge in [-0.1, -0.05) is 30.3 Å². The van der Waals surface area contributed by atoms with Gasteiger partial charge in [-0.3, -0.25) is 14.4 Å². The molecule has 1 aliphatic rings. The summed E-state index contributed by atoms with van der Waals surface area (Å²) >= 11 is 0. The number of amides is 3. The molecule has 0 fully saturated rings. The largest absolute Gasteiger partial charge is 0.508 e. The van der Waals surface area contributed by atoms with Gasteiger partial charge >= 0.3 is 11.8 Å². The Bertz CT molecular complexity index is 916. The number of fused-ring (bicyclic) bond motifs is 1. The summed E-state index contributed by atoms with van der Waals surface area (Å²) in [7, 11) is 3.06. The van der Waals surface area contributed by atoms with Crippen molar-refractivity contribution in [2.75, 3.05) is 32.1 Å². The lowest BCUT2D eigenvalue weighted by atomic mass is 10.1. The first kappa shape index (κ1) is 20.2. The Labute approximate surface area is 168 Å². The van der Waals surface area contributed by atoms with Gasteiger partial charge in [0.05, 0.1) is 5.69 Å². The number of phenols is 1. The lowest BCUT2D eigenvalue weighted by molar-refractivity contribution is -0.146. The van der Waals surface area contributed by atoms with E-state index in [0.717, 1.165) is 5.56 Å². The van der Waals surface area contributed by atoms with Crippen molar-refractivity contribution in [2.24, 2.45) is 0 Å². The average Bonchev–Trinajstić information content (AvgIpc) is 2.84. The molecule has 2 aromatic carbocycles. The number of nitrogens with zero attached hydrogens (tertiary/aromatic N) is 2. The fourth-order valence-electron chi connectivity index (χ4n) is 3.03. The Morgan fingerprint density at radius 3 is 2.69 bits per heavy atom. The summed E-state index contributed by atoms with van der Waals surface area (Å²) in [6.07, 6.45) is 0.614. The molecule has 3 amide bonds. The highest BCUT2D eigenvalue weighted by Crippen LogP contribution is 2.33. The molecule has 1 heterocycles. The molecular formula is C21H23N3O5. The normalized spacial score (nSPS) is 15.7. The molecule has 0 saturated carbocycles. The molecule has 152 valence electrons. The number of hydrogen-bond donors (Lipinski definition) is 2. The smallest absolute Gasteiger partial charge is 0.311 e. The predicted molar refractivity (Wildman–Crippen MR) is 107 cm³/mol. The Kier molecular flexibility index (Phi) is 6.01. The first-order chi connectivity index (χ1) is 13.9. The van der Waals surface area contributed by atoms with Gasteiger partial charge in [0.2, 0.25) is 0 Å². The monoisotopic (exact) mass is 397 g/mol. The van der Waals surface area contributed by atoms with Gasteiger partial charge in [-0.25, -0.2) is 0 Å². The lowest BCUT2D eigenvalue weighted by Crippen LogP contribution is -2.53. The second-order valence-corrected chi connectivity index (χ2v) is 6.85. The van der Waals surface area contributed by atoms with Crippen molar-refractivity contribution in [3.05, 3.63) is 54.1 Å². The number of anilines is 1. The van der Waals surface area contributed by atoms with E-state index >= 15 is 0 Å². The number of ether oxygens (including phenoxy) is 1. The highest BCUT2D eigenvalue weighted by molar-refractivity contribution is 6.35. The van der Waals surface area contributed by atoms with E-state index in [1.807, 2.05) is 30.3 Å². The molecule has 29 heavy (non-hydrogen) atoms. The highest BCUT2D eigenvalue weighted by Gasteiger charge is 2.32. The molecule has 0 spiro atoms. The van der Waals surface area contributed by atoms with Crippen molar-refractivity contribution in [1.82, 2.24) is 10.2 Å². The van der Waals surface area contributed by atoms with Crippen molar-refractivity contribution < 1.29 is 24.2 Å². The molecule has 8 heteroatoms. The molecule has 3 rings (SSSR count). The number of benzene rings is 2. The van der Waals surface area contributed by atoms with Crippen LogP contribution < -0.4 is 15.0 Å². The molecule has 8 nitrogen and oxygen atoms in total. The summed E-state index contributed by atoms with van der Waals surface area (Å²) in [5, 5.41) is 12.1. The van der Waals surface area contributed by atoms with Crippen LogP contribution in [0.1, 0.15) is 5.56 Å². The summed E-state index contributed by atoms with van der Waals surface area (Å²) < 4.78 is 5.59. The fraction of sp³-hybridized carbons (Fsp3) is 0.286. The maximum Gasteiger partial charge on any atom is 0.311 e. The van der Waals surface area contributed by atoms with E-state index in [2.05, 4.69) is 5.32 Å². The molecule has 0 aliphatic carbocycles. The summed E-state index contributed by atoms with van der Waals surface area (Å²) in [6, 6.07) is 13.0. The lowest BCUT2D eigenvalue weighted by Gasteiger charge is -2.22. The van der Waals surface area contributed by atoms with E-state index < -0.39 is 23.8 Å². The van der Waals surface area contributed by atoms with Crippen LogP contribution in [-0.4, -0.2) is 61.0 Å². The third-order valence-electron chi connectivity index (χ3n) is 4.76. The Balaban J connectivity index is 1.61. The van der Waals surface area contributed by atoms with Gasteiger partial charge in [-0.15, -0.1) is 0 Å². The minimum atomic E-state index is -1.02. The molecule has 1 aliphatic heterocycles. The minimum Gasteiger partial charge on any atom is -0.508 e. The molecule has 2 N–H and O–H groups in total. The first-order valence-electron chi connectivity index (χ1n) is 9.20. The van der Waals surface area contributed by atoms with Gasteiger partial charge in [0.15, 0.2) is 0 Å². The van der Waals surface area contributed by atoms with E-state index in [0.29, 0.717) is 24.4 Å². The van der Waals surface area contributed by atoms with Crippen molar-refractivity contribution >= 4 is 23.4 Å². The molecule has 0 saturated heterocycles. The van der Waals surface area contributed by atoms with E-state index in [1.165, 1.54) is 29.0 Å². The summed E-state index contributed by atoms with van der Waals surface area (Å²) in [4.78, 5) is 40.1. The Morgan fingerprint density at radius 2 is 1.97 bits per heavy atom. The molecular weight excluding hydrogens is 374 g/mol. The van der Waals surface area contributed by atoms with Gasteiger partial charge in [0.1, 0.15) is 24.1 Å². The van der Waals surface area contributed by atoms with Crippen LogP contribution in [0.2, 0.25) is 0 Å². The zero-order chi connectivity index (χ0) is 21.0. The second kappa shape index (κ2) is 8.64. The number of carbonyl (C=O) groups is 3. The van der Waals surface area contributed by atoms with E-state index in [9.17, 15) is 19.5 Å². The SMILES string of the molecule is CN(CCc1ccccc1)C(=O)C(=O)N[C@H]1COc2ccc(O)cc2N(C)C1=O. The van der Waals surface area contributed by atoms with Gasteiger partial charge in [-0.05, 0) is 24.1 Å². The van der Waals surface area contributed by atoms with Crippen LogP contribution in [0.5, 0.6) is 11.5 Å². The quantitative estimate of drug-likeness (QED) is 0.748. The molecule has 1 atom stereocenters. The minimum absolute atomic E-state index is 0.00953. The van der Waals surface area contributed by atoms with E-state index in [4.69, 9.17) is 4.74 Å². The van der Waals surface area contributed by atoms with Crippen molar-refractivity contribution in [3.63, 3.8) is 0 Å². The van der Waals surface area contributed by atoms with Gasteiger partial charge in [0, 0.05) is 26.7 Å². The highest BCUT2D eigenvalue weighted by atomic mass is 16.5. The molecule has 0 unspecified atom stereocenters. The van der Waals surface area contributed by atoms with Crippen LogP contribution in [-0.2, 0) is 20.8 Å². The first-order valence-corrected chi connectivity index (χ1v) is 9.20. The third-order valence-corrected chi connectivity index (χ3v) is 4.76. The summed E-state index contributed by atoms with van der Waals surface area (Å²) in [6.45, 7) is 0.254. The Morgan fingerprint density at radius 1 is 1.24 bits per heavy atom. The van der Waals surface area contributed by atoms with Crippen LogP contribution in [0.15, 0.2) is 48.5 Å². The zero-order valence-corrected chi connectivity index (χ0v) is 16.3. The summed E-state index contributed by atoms with van der Waals surface area (Å²) in [5.74, 6) is -1.64. The number of aromatic hydroxyl groups is 1. The molecule has 0 aromatic heterocycles. The second-order valence-electron chi connectivity index (χ2n) is 6.85. The standard InChI is InChI=1S/C21H23N3O5/c1-23(11-10-14-6-4-3-5-7-14)21(28)19(26)22-16-13-29-18-9-8-15(25)12-17(18)24(2)20(16)27/h3-9,12,16,25H,10-11,13H2,1-2H3,(H,22,26)/t16-/m0/s1. The van der Waals surface area contributed by atoms with Crippen molar-refractivity contribution in [2.45, 2.75) is 12.5 Å². The number of phenolic OH excluding ortho intramolecular Hbond substituents is 1. The Hall–Kier alpha value is -3.55. The topological polar surface area (TPSA) is 99.2 Å². The van der Waals surface area contributed by atoms with Crippen LogP contribution in [0, 0.1) is 0 Å². The number of nitrogens with one attached hydrogen (secondary N) is 1. The van der Waals surface area contributed by atoms with Crippen LogP contribution in [0.4, 0.5) is 5.69 Å². The molecule has 0 radical (unpaired) electrons. The van der Waals surface area contributed by atoms with Crippen LogP contribution in [0.25, 0.3) is 0 Å². The number of likely N-dealkylation sites (N-methyl/N-ethyl adjacent to an activating group) is 2. The summed E-state index contributed by atoms with van der Waals surface area (Å²) in [5.41, 5.74) is 1.45. The maximum absolute atomic E-state index is 12.7. The van der Waals surface area contributed by atoms with Gasteiger partial charge < -0.3 is 25.0 Å². The number of rotatable bonds is 4. The van der Waals surface area contributed by atoms with Crippen molar-refractivity contribution in [1.29, 1.82) is 0 Å². The van der Waals surface area contributed by atoms with Gasteiger partial charge in [-0.2, -0.15) is 0 Å². The van der Waals surface area contributed by atoms with Crippen molar-refractivity contribution in [3.8, 4) is 11.5 Å². The average molecular weight is 397 g/mol. The van der Waals surface area contributed by atoms with Crippen LogP contribution in [0.3, 0.4) is 0 Å². The van der Waals surface area contributed by atoms with E-state index in [1.54, 1.807) is 13.1 Å². The zero-order valence-electron chi connectivity index (χ0n) is 16.3. The number of carbonyl (C=O) groups excluding carboxylic acids is 3. The molecule has 2 aromatic rings. The fourth-order valence-corrected chi connectivity index (χ4v) is 3.03. The van der Waals surface area contributed by atoms with E-state index in [-0.39, 0.29) is 12.4 Å². The van der Waals surface area contributed by atoms with Gasteiger partial charge in [0.25, 0.3) is 5.91 Å². The number of hydrogen-bond acceptors (Lipinski definition) is 5. The molecule has 0 bridgehead atoms. The van der Waals surface area contributed by atoms with Crippen LogP contribution >= 0.6 is 0 Å². The maximum atomic E-state index is 12.7. The third kappa shape index (κ3) is 4.66. The predicted octanol–water partition coefficient (Wildman–Crippen LogP) is 0.933.